The monoisotopic (exact) mass is 256 g/mol. The molecule has 0 aromatic carbocycles. The summed E-state index contributed by atoms with van der Waals surface area (Å²) in [6.07, 6.45) is 1.74. The number of likely N-dealkylation sites (N-methyl/N-ethyl adjacent to an activating group) is 2. The van der Waals surface area contributed by atoms with Crippen LogP contribution < -0.4 is 5.73 Å². The van der Waals surface area contributed by atoms with Crippen molar-refractivity contribution in [3.05, 3.63) is 0 Å². The Labute approximate surface area is 111 Å². The van der Waals surface area contributed by atoms with Crippen LogP contribution in [0.1, 0.15) is 19.8 Å². The van der Waals surface area contributed by atoms with Crippen LogP contribution in [0.25, 0.3) is 0 Å². The minimum Gasteiger partial charge on any atom is -0.344 e. The molecule has 0 aromatic rings. The van der Waals surface area contributed by atoms with Crippen LogP contribution in [0.3, 0.4) is 0 Å². The van der Waals surface area contributed by atoms with Crippen molar-refractivity contribution in [3.8, 4) is 0 Å². The zero-order valence-electron chi connectivity index (χ0n) is 12.1. The Morgan fingerprint density at radius 3 is 2.50 bits per heavy atom. The maximum Gasteiger partial charge on any atom is 0.239 e. The van der Waals surface area contributed by atoms with E-state index in [4.69, 9.17) is 5.73 Å². The molecule has 0 spiro atoms. The molecular weight excluding hydrogens is 228 g/mol. The Morgan fingerprint density at radius 2 is 1.94 bits per heavy atom. The van der Waals surface area contributed by atoms with Crippen LogP contribution in [-0.4, -0.2) is 80.0 Å². The Hall–Kier alpha value is -0.650. The summed E-state index contributed by atoms with van der Waals surface area (Å²) in [5.41, 5.74) is 5.74. The third-order valence-corrected chi connectivity index (χ3v) is 3.70. The second-order valence-electron chi connectivity index (χ2n) is 5.27. The van der Waals surface area contributed by atoms with Gasteiger partial charge in [-0.2, -0.15) is 0 Å². The summed E-state index contributed by atoms with van der Waals surface area (Å²) in [6, 6.07) is -0.335. The van der Waals surface area contributed by atoms with E-state index in [0.29, 0.717) is 6.42 Å². The number of hydrogen-bond acceptors (Lipinski definition) is 4. The fraction of sp³-hybridized carbons (Fsp3) is 0.923. The lowest BCUT2D eigenvalue weighted by molar-refractivity contribution is -0.131. The molecule has 5 heteroatoms. The molecule has 0 saturated carbocycles. The lowest BCUT2D eigenvalue weighted by atomic mass is 10.2. The zero-order valence-corrected chi connectivity index (χ0v) is 12.1. The van der Waals surface area contributed by atoms with E-state index in [1.54, 1.807) is 4.90 Å². The highest BCUT2D eigenvalue weighted by atomic mass is 16.2. The van der Waals surface area contributed by atoms with Crippen LogP contribution in [0.4, 0.5) is 0 Å². The summed E-state index contributed by atoms with van der Waals surface area (Å²) in [5, 5.41) is 0. The molecule has 1 rings (SSSR count). The van der Waals surface area contributed by atoms with Gasteiger partial charge in [-0.15, -0.1) is 0 Å². The molecule has 2 N–H and O–H groups in total. The lowest BCUT2D eigenvalue weighted by Crippen LogP contribution is -2.46. The third kappa shape index (κ3) is 4.92. The number of hydrogen-bond donors (Lipinski definition) is 1. The first kappa shape index (κ1) is 15.4. The van der Waals surface area contributed by atoms with Crippen LogP contribution >= 0.6 is 0 Å². The largest absolute Gasteiger partial charge is 0.344 e. The molecule has 1 heterocycles. The highest BCUT2D eigenvalue weighted by Gasteiger charge is 2.17. The molecule has 1 aliphatic rings. The lowest BCUT2D eigenvalue weighted by Gasteiger charge is -2.32. The molecule has 1 fully saturated rings. The van der Waals surface area contributed by atoms with E-state index in [0.717, 1.165) is 45.7 Å². The second kappa shape index (κ2) is 7.71. The quantitative estimate of drug-likeness (QED) is 0.716. The van der Waals surface area contributed by atoms with Gasteiger partial charge in [0.25, 0.3) is 0 Å². The molecule has 1 unspecified atom stereocenters. The predicted octanol–water partition coefficient (Wildman–Crippen LogP) is -0.180. The molecule has 18 heavy (non-hydrogen) atoms. The summed E-state index contributed by atoms with van der Waals surface area (Å²) in [5.74, 6) is 0.0656. The van der Waals surface area contributed by atoms with Crippen LogP contribution in [0.2, 0.25) is 0 Å². The molecule has 0 aliphatic carbocycles. The van der Waals surface area contributed by atoms with Gasteiger partial charge < -0.3 is 20.4 Å². The van der Waals surface area contributed by atoms with Gasteiger partial charge in [-0.05, 0) is 26.4 Å². The Balaban J connectivity index is 2.15. The van der Waals surface area contributed by atoms with Crippen LogP contribution in [0.5, 0.6) is 0 Å². The maximum atomic E-state index is 11.8. The van der Waals surface area contributed by atoms with Crippen molar-refractivity contribution in [2.45, 2.75) is 25.8 Å². The molecule has 0 aromatic heterocycles. The zero-order chi connectivity index (χ0) is 13.5. The topological polar surface area (TPSA) is 52.8 Å². The van der Waals surface area contributed by atoms with Gasteiger partial charge in [-0.1, -0.05) is 6.92 Å². The molecule has 1 aliphatic heterocycles. The normalized spacial score (nSPS) is 19.8. The van der Waals surface area contributed by atoms with Crippen molar-refractivity contribution < 1.29 is 4.79 Å². The molecule has 5 nitrogen and oxygen atoms in total. The molecule has 0 bridgehead atoms. The van der Waals surface area contributed by atoms with Crippen molar-refractivity contribution in [3.63, 3.8) is 0 Å². The van der Waals surface area contributed by atoms with E-state index in [-0.39, 0.29) is 11.9 Å². The van der Waals surface area contributed by atoms with E-state index >= 15 is 0 Å². The number of piperazine rings is 1. The molecule has 106 valence electrons. The molecule has 0 radical (unpaired) electrons. The van der Waals surface area contributed by atoms with Gasteiger partial charge in [-0.25, -0.2) is 0 Å². The van der Waals surface area contributed by atoms with Gasteiger partial charge in [0.1, 0.15) is 0 Å². The first-order valence-corrected chi connectivity index (χ1v) is 6.96. The SMILES string of the molecule is CCC(N)C(=O)N(C)CCCN1CCN(C)CC1. The molecule has 1 atom stereocenters. The third-order valence-electron chi connectivity index (χ3n) is 3.70. The first-order chi connectivity index (χ1) is 8.54. The van der Waals surface area contributed by atoms with E-state index in [1.165, 1.54) is 0 Å². The van der Waals surface area contributed by atoms with Crippen molar-refractivity contribution >= 4 is 5.91 Å². The Kier molecular flexibility index (Phi) is 6.60. The van der Waals surface area contributed by atoms with Crippen molar-refractivity contribution in [1.29, 1.82) is 0 Å². The standard InChI is InChI=1S/C13H28N4O/c1-4-12(14)13(18)16(3)6-5-7-17-10-8-15(2)9-11-17/h12H,4-11,14H2,1-3H3. The minimum absolute atomic E-state index is 0.0656. The minimum atomic E-state index is -0.335. The Bertz CT molecular complexity index is 251. The number of nitrogens with zero attached hydrogens (tertiary/aromatic N) is 3. The van der Waals surface area contributed by atoms with Crippen molar-refractivity contribution in [2.24, 2.45) is 5.73 Å². The molecule has 1 amide bonds. The van der Waals surface area contributed by atoms with Crippen molar-refractivity contribution in [1.82, 2.24) is 14.7 Å². The number of carbonyl (C=O) groups excluding carboxylic acids is 1. The Morgan fingerprint density at radius 1 is 1.33 bits per heavy atom. The number of carbonyl (C=O) groups is 1. The second-order valence-corrected chi connectivity index (χ2v) is 5.27. The number of nitrogens with two attached hydrogens (primary N) is 1. The summed E-state index contributed by atoms with van der Waals surface area (Å²) < 4.78 is 0. The average molecular weight is 256 g/mol. The number of amides is 1. The fourth-order valence-electron chi connectivity index (χ4n) is 2.17. The van der Waals surface area contributed by atoms with E-state index < -0.39 is 0 Å². The first-order valence-electron chi connectivity index (χ1n) is 6.96. The van der Waals surface area contributed by atoms with E-state index in [1.807, 2.05) is 14.0 Å². The van der Waals surface area contributed by atoms with Gasteiger partial charge in [0.05, 0.1) is 6.04 Å². The van der Waals surface area contributed by atoms with Gasteiger partial charge >= 0.3 is 0 Å². The van der Waals surface area contributed by atoms with Crippen LogP contribution in [0.15, 0.2) is 0 Å². The smallest absolute Gasteiger partial charge is 0.239 e. The van der Waals surface area contributed by atoms with Gasteiger partial charge in [-0.3, -0.25) is 4.79 Å². The summed E-state index contributed by atoms with van der Waals surface area (Å²) >= 11 is 0. The maximum absolute atomic E-state index is 11.8. The van der Waals surface area contributed by atoms with E-state index in [9.17, 15) is 4.79 Å². The fourth-order valence-corrected chi connectivity index (χ4v) is 2.17. The summed E-state index contributed by atoms with van der Waals surface area (Å²) in [6.45, 7) is 8.41. The highest BCUT2D eigenvalue weighted by Crippen LogP contribution is 2.01. The van der Waals surface area contributed by atoms with Crippen LogP contribution in [0, 0.1) is 0 Å². The van der Waals surface area contributed by atoms with Gasteiger partial charge in [0, 0.05) is 39.8 Å². The van der Waals surface area contributed by atoms with Gasteiger partial charge in [0.15, 0.2) is 0 Å². The number of rotatable bonds is 6. The van der Waals surface area contributed by atoms with Crippen molar-refractivity contribution in [2.75, 3.05) is 53.4 Å². The average Bonchev–Trinajstić information content (AvgIpc) is 2.39. The molecular formula is C13H28N4O. The van der Waals surface area contributed by atoms with Gasteiger partial charge in [0.2, 0.25) is 5.91 Å². The molecule has 1 saturated heterocycles. The summed E-state index contributed by atoms with van der Waals surface area (Å²) in [4.78, 5) is 18.4. The summed E-state index contributed by atoms with van der Waals surface area (Å²) in [7, 11) is 4.01. The predicted molar refractivity (Wildman–Crippen MR) is 74.5 cm³/mol. The van der Waals surface area contributed by atoms with Crippen LogP contribution in [-0.2, 0) is 4.79 Å². The highest BCUT2D eigenvalue weighted by molar-refractivity contribution is 5.81. The van der Waals surface area contributed by atoms with E-state index in [2.05, 4.69) is 16.8 Å².